The lowest BCUT2D eigenvalue weighted by Gasteiger charge is -2.17. The molecule has 0 saturated carbocycles. The van der Waals surface area contributed by atoms with Crippen LogP contribution in [0.1, 0.15) is 33.2 Å². The van der Waals surface area contributed by atoms with Crippen molar-refractivity contribution in [3.8, 4) is 11.1 Å². The van der Waals surface area contributed by atoms with Gasteiger partial charge in [0.2, 0.25) is 0 Å². The number of carbonyl (C=O) groups is 1. The molecule has 3 rings (SSSR count). The van der Waals surface area contributed by atoms with Gasteiger partial charge in [-0.2, -0.15) is 0 Å². The average Bonchev–Trinajstić information content (AvgIpc) is 3.07. The maximum Gasteiger partial charge on any atom is 0.329 e. The highest BCUT2D eigenvalue weighted by Crippen LogP contribution is 2.31. The number of halogens is 1. The Morgan fingerprint density at radius 3 is 2.65 bits per heavy atom. The second-order valence-electron chi connectivity index (χ2n) is 6.13. The highest BCUT2D eigenvalue weighted by atomic mass is 35.5. The van der Waals surface area contributed by atoms with E-state index in [0.29, 0.717) is 15.2 Å². The number of carbonyl (C=O) groups excluding carboxylic acids is 1. The molecule has 0 aliphatic rings. The highest BCUT2D eigenvalue weighted by molar-refractivity contribution is 7.17. The first-order valence-corrected chi connectivity index (χ1v) is 9.63. The van der Waals surface area contributed by atoms with Crippen LogP contribution in [-0.4, -0.2) is 21.6 Å². The molecule has 2 aromatic heterocycles. The molecule has 0 aliphatic carbocycles. The molecule has 0 N–H and O–H groups in total. The molecule has 2 atom stereocenters. The lowest BCUT2D eigenvalue weighted by molar-refractivity contribution is -0.152. The number of fused-ring (bicyclic) bond motifs is 1. The predicted octanol–water partition coefficient (Wildman–Crippen LogP) is 4.68. The zero-order valence-electron chi connectivity index (χ0n) is 14.7. The van der Waals surface area contributed by atoms with E-state index in [1.54, 1.807) is 19.1 Å². The minimum atomic E-state index is -0.744. The van der Waals surface area contributed by atoms with Crippen molar-refractivity contribution >= 4 is 39.1 Å². The van der Waals surface area contributed by atoms with Crippen molar-refractivity contribution in [1.82, 2.24) is 9.55 Å². The molecule has 26 heavy (non-hydrogen) atoms. The molecule has 136 valence electrons. The Morgan fingerprint density at radius 2 is 2.00 bits per heavy atom. The van der Waals surface area contributed by atoms with Gasteiger partial charge in [0.25, 0.3) is 5.56 Å². The third-order valence-corrected chi connectivity index (χ3v) is 5.46. The summed E-state index contributed by atoms with van der Waals surface area (Å²) in [5.74, 6) is -0.439. The molecule has 5 nitrogen and oxygen atoms in total. The van der Waals surface area contributed by atoms with E-state index in [4.69, 9.17) is 16.3 Å². The van der Waals surface area contributed by atoms with Gasteiger partial charge in [-0.1, -0.05) is 30.7 Å². The van der Waals surface area contributed by atoms with Crippen molar-refractivity contribution in [3.63, 3.8) is 0 Å². The molecule has 7 heteroatoms. The van der Waals surface area contributed by atoms with Crippen LogP contribution in [0.25, 0.3) is 21.3 Å². The van der Waals surface area contributed by atoms with Gasteiger partial charge in [-0.05, 0) is 38.0 Å². The number of benzene rings is 1. The van der Waals surface area contributed by atoms with Crippen LogP contribution in [0.15, 0.2) is 40.8 Å². The monoisotopic (exact) mass is 390 g/mol. The summed E-state index contributed by atoms with van der Waals surface area (Å²) in [5.41, 5.74) is 1.41. The van der Waals surface area contributed by atoms with Crippen LogP contribution < -0.4 is 5.56 Å². The topological polar surface area (TPSA) is 61.2 Å². The summed E-state index contributed by atoms with van der Waals surface area (Å²) in [6.07, 6.45) is 1.94. The summed E-state index contributed by atoms with van der Waals surface area (Å²) in [6, 6.07) is 6.54. The van der Waals surface area contributed by atoms with Crippen LogP contribution >= 0.6 is 22.9 Å². The van der Waals surface area contributed by atoms with E-state index in [1.165, 1.54) is 22.2 Å². The van der Waals surface area contributed by atoms with Crippen molar-refractivity contribution in [2.24, 2.45) is 0 Å². The number of thiophene rings is 1. The smallest absolute Gasteiger partial charge is 0.329 e. The first-order valence-electron chi connectivity index (χ1n) is 8.37. The van der Waals surface area contributed by atoms with Crippen LogP contribution in [0.5, 0.6) is 0 Å². The molecule has 2 heterocycles. The summed E-state index contributed by atoms with van der Waals surface area (Å²) in [6.45, 7) is 5.41. The second-order valence-corrected chi connectivity index (χ2v) is 7.42. The van der Waals surface area contributed by atoms with Crippen LogP contribution in [0.3, 0.4) is 0 Å². The zero-order valence-corrected chi connectivity index (χ0v) is 16.3. The van der Waals surface area contributed by atoms with Gasteiger partial charge in [0.05, 0.1) is 17.8 Å². The molecule has 0 radical (unpaired) electrons. The molecule has 3 aromatic rings. The molecule has 0 saturated heterocycles. The number of esters is 1. The molecular weight excluding hydrogens is 372 g/mol. The number of rotatable bonds is 5. The van der Waals surface area contributed by atoms with Crippen LogP contribution in [0, 0.1) is 0 Å². The minimum absolute atomic E-state index is 0.192. The van der Waals surface area contributed by atoms with Gasteiger partial charge in [0.1, 0.15) is 10.9 Å². The van der Waals surface area contributed by atoms with E-state index in [0.717, 1.165) is 17.5 Å². The van der Waals surface area contributed by atoms with Crippen molar-refractivity contribution in [2.75, 3.05) is 0 Å². The summed E-state index contributed by atoms with van der Waals surface area (Å²) in [7, 11) is 0. The van der Waals surface area contributed by atoms with Crippen LogP contribution in [0.2, 0.25) is 5.02 Å². The third-order valence-electron chi connectivity index (χ3n) is 4.33. The first kappa shape index (κ1) is 18.6. The Kier molecular flexibility index (Phi) is 5.44. The van der Waals surface area contributed by atoms with Gasteiger partial charge >= 0.3 is 5.97 Å². The van der Waals surface area contributed by atoms with Gasteiger partial charge in [-0.15, -0.1) is 11.3 Å². The van der Waals surface area contributed by atoms with E-state index >= 15 is 0 Å². The standard InChI is InChI=1S/C19H19ClN2O3S/c1-4-11(2)25-19(24)12(3)22-10-21-17-16(18(22)23)15(9-26-17)13-5-7-14(20)8-6-13/h5-12H,4H2,1-3H3. The summed E-state index contributed by atoms with van der Waals surface area (Å²) < 4.78 is 6.69. The van der Waals surface area contributed by atoms with E-state index in [-0.39, 0.29) is 11.7 Å². The Bertz CT molecular complexity index is 994. The second kappa shape index (κ2) is 7.60. The third kappa shape index (κ3) is 3.52. The van der Waals surface area contributed by atoms with E-state index in [2.05, 4.69) is 4.98 Å². The maximum atomic E-state index is 13.0. The largest absolute Gasteiger partial charge is 0.461 e. The molecule has 0 spiro atoms. The van der Waals surface area contributed by atoms with E-state index < -0.39 is 12.0 Å². The lowest BCUT2D eigenvalue weighted by Crippen LogP contribution is -2.31. The molecule has 0 amide bonds. The van der Waals surface area contributed by atoms with Gasteiger partial charge in [0, 0.05) is 16.0 Å². The number of hydrogen-bond donors (Lipinski definition) is 0. The fraction of sp³-hybridized carbons (Fsp3) is 0.316. The molecule has 1 aromatic carbocycles. The van der Waals surface area contributed by atoms with Gasteiger partial charge in [-0.3, -0.25) is 9.36 Å². The first-order chi connectivity index (χ1) is 12.4. The van der Waals surface area contributed by atoms with Crippen molar-refractivity contribution in [2.45, 2.75) is 39.3 Å². The predicted molar refractivity (Wildman–Crippen MR) is 105 cm³/mol. The number of aromatic nitrogens is 2. The minimum Gasteiger partial charge on any atom is -0.461 e. The van der Waals surface area contributed by atoms with Crippen molar-refractivity contribution in [1.29, 1.82) is 0 Å². The summed E-state index contributed by atoms with van der Waals surface area (Å²) in [4.78, 5) is 30.4. The quantitative estimate of drug-likeness (QED) is 0.593. The lowest BCUT2D eigenvalue weighted by atomic mass is 10.1. The van der Waals surface area contributed by atoms with Gasteiger partial charge in [-0.25, -0.2) is 9.78 Å². The van der Waals surface area contributed by atoms with Crippen LogP contribution in [-0.2, 0) is 9.53 Å². The molecule has 2 unspecified atom stereocenters. The normalized spacial score (nSPS) is 13.5. The molecule has 0 bridgehead atoms. The average molecular weight is 391 g/mol. The maximum absolute atomic E-state index is 13.0. The van der Waals surface area contributed by atoms with Crippen molar-refractivity contribution in [3.05, 3.63) is 51.3 Å². The van der Waals surface area contributed by atoms with E-state index in [9.17, 15) is 9.59 Å². The van der Waals surface area contributed by atoms with E-state index in [1.807, 2.05) is 31.4 Å². The molecule has 0 fully saturated rings. The Morgan fingerprint density at radius 1 is 1.31 bits per heavy atom. The van der Waals surface area contributed by atoms with Gasteiger partial charge < -0.3 is 4.74 Å². The van der Waals surface area contributed by atoms with Gasteiger partial charge in [0.15, 0.2) is 0 Å². The Hall–Kier alpha value is -2.18. The highest BCUT2D eigenvalue weighted by Gasteiger charge is 2.22. The summed E-state index contributed by atoms with van der Waals surface area (Å²) >= 11 is 7.35. The number of ether oxygens (including phenoxy) is 1. The Labute approximate surface area is 160 Å². The number of nitrogens with zero attached hydrogens (tertiary/aromatic N) is 2. The Balaban J connectivity index is 2.05. The molecule has 0 aliphatic heterocycles. The fourth-order valence-corrected chi connectivity index (χ4v) is 3.59. The SMILES string of the molecule is CCC(C)OC(=O)C(C)n1cnc2scc(-c3ccc(Cl)cc3)c2c1=O. The van der Waals surface area contributed by atoms with Crippen LogP contribution in [0.4, 0.5) is 0 Å². The summed E-state index contributed by atoms with van der Waals surface area (Å²) in [5, 5.41) is 3.03. The van der Waals surface area contributed by atoms with Crippen molar-refractivity contribution < 1.29 is 9.53 Å². The fourth-order valence-electron chi connectivity index (χ4n) is 2.56. The number of hydrogen-bond acceptors (Lipinski definition) is 5. The molecular formula is C19H19ClN2O3S. The zero-order chi connectivity index (χ0) is 18.8.